The van der Waals surface area contributed by atoms with Crippen LogP contribution in [-0.4, -0.2) is 88.4 Å². The fraction of sp³-hybridized carbons (Fsp3) is 0.862. The van der Waals surface area contributed by atoms with Gasteiger partial charge in [-0.05, 0) is 77.6 Å². The van der Waals surface area contributed by atoms with Gasteiger partial charge in [0.25, 0.3) is 0 Å². The third-order valence-corrected chi connectivity index (χ3v) is 18.7. The largest absolute Gasteiger partial charge is 0.460 e. The number of hydrogen-bond donors (Lipinski definition) is 1. The Bertz CT molecular complexity index is 773. The van der Waals surface area contributed by atoms with Crippen LogP contribution < -0.4 is 5.32 Å². The number of alkyl carbamates (subject to hydrolysis) is 1. The molecular formula is C29H61NO8Si3. The Hall–Kier alpha value is -1.03. The molecule has 0 aromatic heterocycles. The minimum atomic E-state index is -2.15. The molecule has 242 valence electrons. The number of ether oxygens (including phenoxy) is 4. The number of hydrogen-bond acceptors (Lipinski definition) is 8. The van der Waals surface area contributed by atoms with Crippen molar-refractivity contribution in [2.24, 2.45) is 0 Å². The molecular weight excluding hydrogens is 575 g/mol. The lowest BCUT2D eigenvalue weighted by Gasteiger charge is -2.50. The van der Waals surface area contributed by atoms with Gasteiger partial charge >= 0.3 is 12.1 Å². The molecule has 0 saturated carbocycles. The zero-order valence-corrected chi connectivity index (χ0v) is 30.9. The van der Waals surface area contributed by atoms with E-state index in [0.717, 1.165) is 25.3 Å². The average molecular weight is 636 g/mol. The molecule has 0 radical (unpaired) electrons. The van der Waals surface area contributed by atoms with Gasteiger partial charge in [-0.25, -0.2) is 9.59 Å². The summed E-state index contributed by atoms with van der Waals surface area (Å²) in [6.07, 6.45) is 4.82. The molecule has 0 spiro atoms. The van der Waals surface area contributed by atoms with Crippen molar-refractivity contribution in [3.05, 3.63) is 12.2 Å². The van der Waals surface area contributed by atoms with Crippen LogP contribution in [-0.2, 0) is 32.3 Å². The fourth-order valence-corrected chi connectivity index (χ4v) is 18.8. The highest BCUT2D eigenvalue weighted by Gasteiger charge is 2.51. The molecule has 0 aliphatic heterocycles. The van der Waals surface area contributed by atoms with E-state index >= 15 is 0 Å². The van der Waals surface area contributed by atoms with Gasteiger partial charge in [0.1, 0.15) is 13.2 Å². The van der Waals surface area contributed by atoms with Crippen LogP contribution in [0.5, 0.6) is 0 Å². The lowest BCUT2D eigenvalue weighted by Crippen LogP contribution is -2.64. The monoisotopic (exact) mass is 635 g/mol. The Morgan fingerprint density at radius 1 is 0.756 bits per heavy atom. The molecule has 1 N–H and O–H groups in total. The summed E-state index contributed by atoms with van der Waals surface area (Å²) in [7, 11) is -5.85. The van der Waals surface area contributed by atoms with Crippen molar-refractivity contribution in [3.63, 3.8) is 0 Å². The first-order valence-corrected chi connectivity index (χ1v) is 24.5. The lowest BCUT2D eigenvalue weighted by molar-refractivity contribution is -0.140. The summed E-state index contributed by atoms with van der Waals surface area (Å²) in [5.74, 6) is -0.443. The highest BCUT2D eigenvalue weighted by Crippen LogP contribution is 2.39. The minimum absolute atomic E-state index is 0.143. The second-order valence-electron chi connectivity index (χ2n) is 12.3. The maximum atomic E-state index is 11.8. The third-order valence-electron chi connectivity index (χ3n) is 7.23. The molecule has 0 saturated heterocycles. The van der Waals surface area contributed by atoms with E-state index in [-0.39, 0.29) is 25.0 Å². The van der Waals surface area contributed by atoms with Crippen LogP contribution in [0.4, 0.5) is 4.79 Å². The predicted octanol–water partition coefficient (Wildman–Crippen LogP) is 6.80. The molecule has 12 heteroatoms. The van der Waals surface area contributed by atoms with E-state index in [1.165, 1.54) is 18.9 Å². The van der Waals surface area contributed by atoms with Gasteiger partial charge in [-0.3, -0.25) is 0 Å². The number of nitrogens with one attached hydrogen (secondary N) is 1. The van der Waals surface area contributed by atoms with Gasteiger partial charge in [-0.2, -0.15) is 0 Å². The molecule has 1 amide bonds. The summed E-state index contributed by atoms with van der Waals surface area (Å²) >= 11 is 0. The van der Waals surface area contributed by atoms with Crippen LogP contribution in [0.3, 0.4) is 0 Å². The van der Waals surface area contributed by atoms with E-state index in [4.69, 9.17) is 27.5 Å². The smallest absolute Gasteiger partial charge is 0.407 e. The van der Waals surface area contributed by atoms with Crippen molar-refractivity contribution >= 4 is 37.0 Å². The number of rotatable bonds is 24. The maximum Gasteiger partial charge on any atom is 0.407 e. The van der Waals surface area contributed by atoms with Crippen LogP contribution in [0.15, 0.2) is 12.2 Å². The number of carbonyl (C=O) groups excluding carboxylic acids is 2. The molecule has 9 nitrogen and oxygen atoms in total. The van der Waals surface area contributed by atoms with Crippen molar-refractivity contribution in [2.45, 2.75) is 116 Å². The number of carbonyl (C=O) groups is 2. The Labute approximate surface area is 253 Å². The van der Waals surface area contributed by atoms with Crippen LogP contribution in [0, 0.1) is 0 Å². The molecule has 0 bridgehead atoms. The number of esters is 1. The Kier molecular flexibility index (Phi) is 19.5. The van der Waals surface area contributed by atoms with Crippen LogP contribution in [0.2, 0.25) is 51.4 Å². The summed E-state index contributed by atoms with van der Waals surface area (Å²) in [6.45, 7) is 28.0. The molecule has 41 heavy (non-hydrogen) atoms. The number of amides is 1. The Morgan fingerprint density at radius 3 is 1.88 bits per heavy atom. The lowest BCUT2D eigenvalue weighted by atomic mass is 10.2. The van der Waals surface area contributed by atoms with Crippen molar-refractivity contribution in [1.29, 1.82) is 0 Å². The van der Waals surface area contributed by atoms with Gasteiger partial charge in [0.2, 0.25) is 8.32 Å². The maximum absolute atomic E-state index is 11.8. The van der Waals surface area contributed by atoms with E-state index in [9.17, 15) is 9.59 Å². The SMILES string of the molecule is C=C(C)C(=O)OCCOCCNC(=O)OCCOCCC[Si](C)(C)O[Si](C)(C)C(CC)(CC)O[Si](C)(C)CCCC. The first-order chi connectivity index (χ1) is 19.1. The first-order valence-electron chi connectivity index (χ1n) is 15.4. The van der Waals surface area contributed by atoms with Crippen molar-refractivity contribution in [2.75, 3.05) is 46.2 Å². The molecule has 0 unspecified atom stereocenters. The van der Waals surface area contributed by atoms with Crippen LogP contribution in [0.1, 0.15) is 59.8 Å². The summed E-state index contributed by atoms with van der Waals surface area (Å²) in [5, 5.41) is 2.46. The van der Waals surface area contributed by atoms with Crippen molar-refractivity contribution in [3.8, 4) is 0 Å². The Morgan fingerprint density at radius 2 is 1.32 bits per heavy atom. The van der Waals surface area contributed by atoms with Gasteiger partial charge in [0.15, 0.2) is 16.6 Å². The van der Waals surface area contributed by atoms with E-state index in [1.54, 1.807) is 6.92 Å². The molecule has 0 aliphatic carbocycles. The molecule has 0 rings (SSSR count). The third kappa shape index (κ3) is 17.0. The zero-order valence-electron chi connectivity index (χ0n) is 27.9. The van der Waals surface area contributed by atoms with Crippen molar-refractivity contribution in [1.82, 2.24) is 5.32 Å². The predicted molar refractivity (Wildman–Crippen MR) is 174 cm³/mol. The zero-order chi connectivity index (χ0) is 31.6. The molecule has 0 aromatic rings. The van der Waals surface area contributed by atoms with E-state index < -0.39 is 37.0 Å². The quantitative estimate of drug-likeness (QED) is 0.0535. The van der Waals surface area contributed by atoms with Gasteiger partial charge in [-0.15, -0.1) is 0 Å². The van der Waals surface area contributed by atoms with E-state index in [2.05, 4.69) is 71.9 Å². The molecule has 0 atom stereocenters. The molecule has 0 heterocycles. The van der Waals surface area contributed by atoms with Gasteiger partial charge in [0, 0.05) is 18.7 Å². The van der Waals surface area contributed by atoms with Gasteiger partial charge in [-0.1, -0.05) is 40.2 Å². The van der Waals surface area contributed by atoms with Crippen molar-refractivity contribution < 1.29 is 37.1 Å². The summed E-state index contributed by atoms with van der Waals surface area (Å²) in [5.41, 5.74) is 0.346. The van der Waals surface area contributed by atoms with E-state index in [0.29, 0.717) is 31.9 Å². The minimum Gasteiger partial charge on any atom is -0.460 e. The molecule has 0 aliphatic rings. The number of unbranched alkanes of at least 4 members (excludes halogenated alkanes) is 1. The van der Waals surface area contributed by atoms with Crippen LogP contribution in [0.25, 0.3) is 0 Å². The highest BCUT2D eigenvalue weighted by atomic mass is 28.4. The molecule has 0 aromatic carbocycles. The fourth-order valence-electron chi connectivity index (χ4n) is 4.98. The Balaban J connectivity index is 4.30. The second kappa shape index (κ2) is 20.0. The first kappa shape index (κ1) is 40.0. The standard InChI is InChI=1S/C29H61NO8Si3/c1-12-15-24-39(6,7)37-29(13-2,14-3)41(10,11)38-40(8,9)25-16-18-33-21-23-36-28(32)30-17-19-34-20-22-35-27(31)26(4)5/h4,12-25H2,1-3,5-11H3,(H,30,32). The van der Waals surface area contributed by atoms with Crippen LogP contribution >= 0.6 is 0 Å². The van der Waals surface area contributed by atoms with Gasteiger partial charge in [0.05, 0.1) is 25.0 Å². The molecule has 0 fully saturated rings. The van der Waals surface area contributed by atoms with E-state index in [1.807, 2.05) is 0 Å². The summed E-state index contributed by atoms with van der Waals surface area (Å²) < 4.78 is 35.2. The summed E-state index contributed by atoms with van der Waals surface area (Å²) in [4.78, 5) is 23.0. The van der Waals surface area contributed by atoms with Gasteiger partial charge < -0.3 is 32.8 Å². The highest BCUT2D eigenvalue weighted by molar-refractivity contribution is 6.87. The summed E-state index contributed by atoms with van der Waals surface area (Å²) in [6, 6.07) is 2.21. The normalized spacial score (nSPS) is 12.7. The second-order valence-corrected chi connectivity index (χ2v) is 25.3. The average Bonchev–Trinajstić information content (AvgIpc) is 2.88. The topological polar surface area (TPSA) is 102 Å².